The van der Waals surface area contributed by atoms with Crippen LogP contribution in [0, 0.1) is 0 Å². The zero-order valence-corrected chi connectivity index (χ0v) is 14.1. The monoisotopic (exact) mass is 308 g/mol. The molecule has 0 fully saturated rings. The molecule has 1 aliphatic carbocycles. The van der Waals surface area contributed by atoms with Gasteiger partial charge in [-0.3, -0.25) is 4.98 Å². The van der Waals surface area contributed by atoms with Gasteiger partial charge in [-0.15, -0.1) is 0 Å². The van der Waals surface area contributed by atoms with Gasteiger partial charge in [0.05, 0.1) is 7.11 Å². The fourth-order valence-corrected chi connectivity index (χ4v) is 3.44. The second kappa shape index (κ2) is 6.97. The lowest BCUT2D eigenvalue weighted by Crippen LogP contribution is -2.09. The summed E-state index contributed by atoms with van der Waals surface area (Å²) in [5.74, 6) is 1.24. The number of allylic oxidation sites excluding steroid dienone is 1. The first-order valence-electron chi connectivity index (χ1n) is 8.19. The lowest BCUT2D eigenvalue weighted by Gasteiger charge is -2.17. The van der Waals surface area contributed by atoms with Crippen LogP contribution in [0.2, 0.25) is 0 Å². The molecule has 23 heavy (non-hydrogen) atoms. The molecule has 3 nitrogen and oxygen atoms in total. The van der Waals surface area contributed by atoms with Crippen LogP contribution < -0.4 is 10.1 Å². The van der Waals surface area contributed by atoms with Crippen molar-refractivity contribution < 1.29 is 4.74 Å². The molecular formula is C20H24N2O. The number of aromatic nitrogens is 1. The summed E-state index contributed by atoms with van der Waals surface area (Å²) < 4.78 is 5.39. The highest BCUT2D eigenvalue weighted by Gasteiger charge is 2.26. The Hall–Kier alpha value is -2.13. The number of benzene rings is 1. The average molecular weight is 308 g/mol. The average Bonchev–Trinajstić information content (AvgIpc) is 2.97. The van der Waals surface area contributed by atoms with Gasteiger partial charge in [0.1, 0.15) is 5.75 Å². The number of nitrogens with one attached hydrogen (secondary N) is 1. The van der Waals surface area contributed by atoms with Crippen LogP contribution in [0.25, 0.3) is 5.57 Å². The molecule has 1 aromatic carbocycles. The fraction of sp³-hybridized carbons (Fsp3) is 0.350. The van der Waals surface area contributed by atoms with E-state index in [9.17, 15) is 0 Å². The molecule has 0 spiro atoms. The minimum atomic E-state index is 0.303. The van der Waals surface area contributed by atoms with Crippen LogP contribution in [0.15, 0.2) is 48.2 Å². The number of rotatable bonds is 6. The predicted octanol–water partition coefficient (Wildman–Crippen LogP) is 3.81. The maximum absolute atomic E-state index is 5.39. The molecule has 120 valence electrons. The van der Waals surface area contributed by atoms with Crippen molar-refractivity contribution in [3.63, 3.8) is 0 Å². The maximum Gasteiger partial charge on any atom is 0.119 e. The first-order valence-corrected chi connectivity index (χ1v) is 8.19. The van der Waals surface area contributed by atoms with E-state index in [1.54, 1.807) is 7.11 Å². The van der Waals surface area contributed by atoms with Gasteiger partial charge in [-0.25, -0.2) is 0 Å². The van der Waals surface area contributed by atoms with Gasteiger partial charge in [0.15, 0.2) is 0 Å². The smallest absolute Gasteiger partial charge is 0.119 e. The molecule has 0 aliphatic heterocycles. The fourth-order valence-electron chi connectivity index (χ4n) is 3.44. The molecule has 1 aromatic heterocycles. The summed E-state index contributed by atoms with van der Waals surface area (Å²) in [4.78, 5) is 4.57. The Morgan fingerprint density at radius 2 is 2.13 bits per heavy atom. The summed E-state index contributed by atoms with van der Waals surface area (Å²) in [5.41, 5.74) is 6.81. The third kappa shape index (κ3) is 3.15. The highest BCUT2D eigenvalue weighted by Crippen LogP contribution is 2.43. The van der Waals surface area contributed by atoms with Crippen LogP contribution >= 0.6 is 0 Å². The molecule has 0 radical (unpaired) electrons. The quantitative estimate of drug-likeness (QED) is 0.881. The third-order valence-electron chi connectivity index (χ3n) is 4.63. The molecule has 0 bridgehead atoms. The van der Waals surface area contributed by atoms with Gasteiger partial charge < -0.3 is 10.1 Å². The zero-order chi connectivity index (χ0) is 16.2. The summed E-state index contributed by atoms with van der Waals surface area (Å²) in [6, 6.07) is 12.6. The van der Waals surface area contributed by atoms with E-state index in [1.165, 1.54) is 22.3 Å². The van der Waals surface area contributed by atoms with Crippen LogP contribution in [0.1, 0.15) is 36.1 Å². The molecule has 2 aromatic rings. The molecule has 1 unspecified atom stereocenters. The van der Waals surface area contributed by atoms with E-state index >= 15 is 0 Å². The lowest BCUT2D eigenvalue weighted by molar-refractivity contribution is 0.414. The first kappa shape index (κ1) is 15.8. The number of nitrogens with zero attached hydrogens (tertiary/aromatic N) is 1. The van der Waals surface area contributed by atoms with Gasteiger partial charge in [-0.2, -0.15) is 0 Å². The molecular weight excluding hydrogens is 284 g/mol. The highest BCUT2D eigenvalue weighted by atomic mass is 16.5. The van der Waals surface area contributed by atoms with Gasteiger partial charge in [0.25, 0.3) is 0 Å². The van der Waals surface area contributed by atoms with E-state index in [4.69, 9.17) is 4.74 Å². The summed E-state index contributed by atoms with van der Waals surface area (Å²) in [6.45, 7) is 3.26. The Labute approximate surface area is 138 Å². The molecule has 1 aliphatic rings. The lowest BCUT2D eigenvalue weighted by atomic mass is 9.89. The minimum Gasteiger partial charge on any atom is -0.497 e. The molecule has 1 heterocycles. The zero-order valence-electron chi connectivity index (χ0n) is 14.1. The van der Waals surface area contributed by atoms with E-state index in [1.807, 2.05) is 19.3 Å². The van der Waals surface area contributed by atoms with Crippen molar-refractivity contribution in [2.24, 2.45) is 0 Å². The van der Waals surface area contributed by atoms with Crippen molar-refractivity contribution in [3.05, 3.63) is 65.0 Å². The second-order valence-electron chi connectivity index (χ2n) is 6.05. The van der Waals surface area contributed by atoms with Crippen molar-refractivity contribution in [2.45, 2.75) is 25.7 Å². The highest BCUT2D eigenvalue weighted by molar-refractivity contribution is 5.80. The number of methoxy groups -OCH3 is 1. The molecule has 0 amide bonds. The minimum absolute atomic E-state index is 0.303. The first-order chi connectivity index (χ1) is 11.2. The van der Waals surface area contributed by atoms with Crippen molar-refractivity contribution in [1.29, 1.82) is 0 Å². The van der Waals surface area contributed by atoms with Crippen molar-refractivity contribution in [1.82, 2.24) is 10.3 Å². The van der Waals surface area contributed by atoms with Gasteiger partial charge in [0, 0.05) is 17.8 Å². The van der Waals surface area contributed by atoms with Crippen LogP contribution in [0.5, 0.6) is 5.75 Å². The van der Waals surface area contributed by atoms with Gasteiger partial charge in [0.2, 0.25) is 0 Å². The maximum atomic E-state index is 5.39. The van der Waals surface area contributed by atoms with E-state index < -0.39 is 0 Å². The summed E-state index contributed by atoms with van der Waals surface area (Å²) >= 11 is 0. The van der Waals surface area contributed by atoms with Crippen LogP contribution in [0.3, 0.4) is 0 Å². The number of pyridine rings is 1. The van der Waals surface area contributed by atoms with E-state index in [0.717, 1.165) is 30.8 Å². The molecule has 1 N–H and O–H groups in total. The van der Waals surface area contributed by atoms with Gasteiger partial charge in [-0.1, -0.05) is 24.6 Å². The van der Waals surface area contributed by atoms with Crippen LogP contribution in [0.4, 0.5) is 0 Å². The molecule has 3 heteroatoms. The number of hydrogen-bond donors (Lipinski definition) is 1. The predicted molar refractivity (Wildman–Crippen MR) is 94.8 cm³/mol. The van der Waals surface area contributed by atoms with Gasteiger partial charge >= 0.3 is 0 Å². The standard InChI is InChI=1S/C20H24N2O/c1-14(19-6-4-5-10-22-19)20-15(9-11-21-2)12-16-13-17(23-3)7-8-18(16)20/h4-8,10,13-14,21H,9,11-12H2,1-3H3. The topological polar surface area (TPSA) is 34.2 Å². The molecule has 3 rings (SSSR count). The van der Waals surface area contributed by atoms with Crippen molar-refractivity contribution in [2.75, 3.05) is 20.7 Å². The summed E-state index contributed by atoms with van der Waals surface area (Å²) in [7, 11) is 3.73. The van der Waals surface area contributed by atoms with Crippen molar-refractivity contribution in [3.8, 4) is 5.75 Å². The largest absolute Gasteiger partial charge is 0.497 e. The number of ether oxygens (including phenoxy) is 1. The normalized spacial score (nSPS) is 14.7. The van der Waals surface area contributed by atoms with E-state index in [2.05, 4.69) is 47.6 Å². The molecule has 0 saturated carbocycles. The molecule has 0 saturated heterocycles. The Bertz CT molecular complexity index is 707. The molecule has 1 atom stereocenters. The van der Waals surface area contributed by atoms with E-state index in [-0.39, 0.29) is 0 Å². The second-order valence-corrected chi connectivity index (χ2v) is 6.05. The number of fused-ring (bicyclic) bond motifs is 1. The third-order valence-corrected chi connectivity index (χ3v) is 4.63. The van der Waals surface area contributed by atoms with Gasteiger partial charge in [-0.05, 0) is 67.4 Å². The van der Waals surface area contributed by atoms with Crippen LogP contribution in [-0.2, 0) is 6.42 Å². The van der Waals surface area contributed by atoms with E-state index in [0.29, 0.717) is 5.92 Å². The Morgan fingerprint density at radius 3 is 2.83 bits per heavy atom. The Kier molecular flexibility index (Phi) is 4.77. The Morgan fingerprint density at radius 1 is 1.26 bits per heavy atom. The SMILES string of the molecule is CNCCC1=C(C(C)c2ccccn2)c2ccc(OC)cc2C1. The summed E-state index contributed by atoms with van der Waals surface area (Å²) in [6.07, 6.45) is 3.96. The summed E-state index contributed by atoms with van der Waals surface area (Å²) in [5, 5.41) is 3.27. The van der Waals surface area contributed by atoms with Crippen molar-refractivity contribution >= 4 is 5.57 Å². The Balaban J connectivity index is 2.01. The number of hydrogen-bond acceptors (Lipinski definition) is 3. The van der Waals surface area contributed by atoms with Crippen LogP contribution in [-0.4, -0.2) is 25.7 Å².